The average molecular weight is 286 g/mol. The minimum atomic E-state index is -0.514. The first kappa shape index (κ1) is 15.8. The van der Waals surface area contributed by atoms with Gasteiger partial charge >= 0.3 is 0 Å². The van der Waals surface area contributed by atoms with Crippen molar-refractivity contribution in [2.24, 2.45) is 7.05 Å². The van der Waals surface area contributed by atoms with Gasteiger partial charge in [0.2, 0.25) is 0 Å². The number of rotatable bonds is 4. The molecule has 3 heteroatoms. The molecule has 1 atom stereocenters. The van der Waals surface area contributed by atoms with Gasteiger partial charge in [-0.3, -0.25) is 4.68 Å². The first-order valence-corrected chi connectivity index (χ1v) is 7.61. The zero-order valence-electron chi connectivity index (χ0n) is 13.7. The molecule has 1 N–H and O–H groups in total. The van der Waals surface area contributed by atoms with E-state index in [1.165, 1.54) is 5.56 Å². The molecule has 21 heavy (non-hydrogen) atoms. The van der Waals surface area contributed by atoms with Gasteiger partial charge in [-0.15, -0.1) is 0 Å². The van der Waals surface area contributed by atoms with Crippen molar-refractivity contribution in [2.45, 2.75) is 52.1 Å². The van der Waals surface area contributed by atoms with Gasteiger partial charge < -0.3 is 5.11 Å². The lowest BCUT2D eigenvalue weighted by Gasteiger charge is -2.20. The summed E-state index contributed by atoms with van der Waals surface area (Å²) >= 11 is 0. The molecule has 0 radical (unpaired) electrons. The second-order valence-corrected chi connectivity index (χ2v) is 6.75. The van der Waals surface area contributed by atoms with E-state index in [4.69, 9.17) is 0 Å². The van der Waals surface area contributed by atoms with E-state index < -0.39 is 6.10 Å². The lowest BCUT2D eigenvalue weighted by atomic mass is 9.87. The molecule has 0 spiro atoms. The number of aromatic nitrogens is 2. The maximum atomic E-state index is 10.6. The Kier molecular flexibility index (Phi) is 4.52. The van der Waals surface area contributed by atoms with Crippen molar-refractivity contribution in [3.63, 3.8) is 0 Å². The largest absolute Gasteiger partial charge is 0.388 e. The molecule has 3 nitrogen and oxygen atoms in total. The number of aliphatic hydroxyl groups excluding tert-OH is 1. The van der Waals surface area contributed by atoms with Gasteiger partial charge in [0.25, 0.3) is 0 Å². The molecule has 0 bridgehead atoms. The molecule has 0 aliphatic rings. The van der Waals surface area contributed by atoms with Crippen molar-refractivity contribution in [3.05, 3.63) is 52.8 Å². The summed E-state index contributed by atoms with van der Waals surface area (Å²) in [5.41, 5.74) is 4.32. The second kappa shape index (κ2) is 6.02. The maximum Gasteiger partial charge on any atom is 0.0863 e. The van der Waals surface area contributed by atoms with Crippen LogP contribution in [-0.2, 0) is 25.3 Å². The fourth-order valence-electron chi connectivity index (χ4n) is 2.58. The van der Waals surface area contributed by atoms with Crippen LogP contribution in [0.2, 0.25) is 0 Å². The van der Waals surface area contributed by atoms with Gasteiger partial charge in [0.15, 0.2) is 0 Å². The van der Waals surface area contributed by atoms with Crippen LogP contribution >= 0.6 is 0 Å². The lowest BCUT2D eigenvalue weighted by molar-refractivity contribution is 0.176. The Morgan fingerprint density at radius 1 is 1.14 bits per heavy atom. The van der Waals surface area contributed by atoms with Gasteiger partial charge in [0.05, 0.1) is 11.8 Å². The van der Waals surface area contributed by atoms with E-state index in [1.54, 1.807) is 4.68 Å². The topological polar surface area (TPSA) is 38.0 Å². The summed E-state index contributed by atoms with van der Waals surface area (Å²) in [6.07, 6.45) is 3.09. The molecule has 1 unspecified atom stereocenters. The molecule has 0 saturated heterocycles. The van der Waals surface area contributed by atoms with Crippen LogP contribution in [0.15, 0.2) is 30.5 Å². The van der Waals surface area contributed by atoms with E-state index in [-0.39, 0.29) is 5.41 Å². The van der Waals surface area contributed by atoms with Gasteiger partial charge in [-0.1, -0.05) is 52.0 Å². The quantitative estimate of drug-likeness (QED) is 0.933. The fraction of sp³-hybridized carbons (Fsp3) is 0.500. The van der Waals surface area contributed by atoms with Gasteiger partial charge in [-0.2, -0.15) is 5.10 Å². The minimum Gasteiger partial charge on any atom is -0.388 e. The summed E-state index contributed by atoms with van der Waals surface area (Å²) in [5, 5.41) is 15.1. The van der Waals surface area contributed by atoms with Gasteiger partial charge in [0.1, 0.15) is 0 Å². The van der Waals surface area contributed by atoms with Crippen molar-refractivity contribution in [3.8, 4) is 0 Å². The Bertz CT molecular complexity index is 591. The molecular weight excluding hydrogens is 260 g/mol. The van der Waals surface area contributed by atoms with Gasteiger partial charge in [-0.05, 0) is 17.5 Å². The molecular formula is C18H26N2O. The lowest BCUT2D eigenvalue weighted by Crippen LogP contribution is -2.17. The summed E-state index contributed by atoms with van der Waals surface area (Å²) < 4.78 is 1.79. The third kappa shape index (κ3) is 3.73. The minimum absolute atomic E-state index is 0.0658. The van der Waals surface area contributed by atoms with Crippen molar-refractivity contribution in [1.82, 2.24) is 9.78 Å². The number of nitrogens with zero attached hydrogens (tertiary/aromatic N) is 2. The Balaban J connectivity index is 2.21. The summed E-state index contributed by atoms with van der Waals surface area (Å²) in [7, 11) is 1.90. The molecule has 0 aliphatic carbocycles. The first-order valence-electron chi connectivity index (χ1n) is 7.61. The summed E-state index contributed by atoms with van der Waals surface area (Å²) in [5.74, 6) is 0. The molecule has 2 rings (SSSR count). The number of hydrogen-bond acceptors (Lipinski definition) is 2. The number of hydrogen-bond donors (Lipinski definition) is 1. The zero-order valence-corrected chi connectivity index (χ0v) is 13.7. The standard InChI is InChI=1S/C18H26N2O/c1-6-13-7-9-14(10-8-13)11-16(21)15-12-20(5)19-17(15)18(2,3)4/h7-10,12,16,21H,6,11H2,1-5H3. The molecule has 114 valence electrons. The van der Waals surface area contributed by atoms with Crippen molar-refractivity contribution in [2.75, 3.05) is 0 Å². The molecule has 2 aromatic rings. The number of aliphatic hydroxyl groups is 1. The third-order valence-corrected chi connectivity index (χ3v) is 3.79. The molecule has 0 fully saturated rings. The van der Waals surface area contributed by atoms with Gasteiger partial charge in [0, 0.05) is 30.6 Å². The van der Waals surface area contributed by atoms with E-state index >= 15 is 0 Å². The molecule has 1 aromatic heterocycles. The first-order chi connectivity index (χ1) is 9.81. The van der Waals surface area contributed by atoms with Crippen LogP contribution in [0.25, 0.3) is 0 Å². The molecule has 1 aromatic carbocycles. The SMILES string of the molecule is CCc1ccc(CC(O)c2cn(C)nc2C(C)(C)C)cc1. The smallest absolute Gasteiger partial charge is 0.0863 e. The summed E-state index contributed by atoms with van der Waals surface area (Å²) in [6.45, 7) is 8.53. The molecule has 1 heterocycles. The maximum absolute atomic E-state index is 10.6. The normalized spacial score (nSPS) is 13.4. The van der Waals surface area contributed by atoms with Crippen LogP contribution in [0.3, 0.4) is 0 Å². The highest BCUT2D eigenvalue weighted by Gasteiger charge is 2.25. The highest BCUT2D eigenvalue weighted by Crippen LogP contribution is 2.30. The van der Waals surface area contributed by atoms with Crippen LogP contribution in [0, 0.1) is 0 Å². The average Bonchev–Trinajstić information content (AvgIpc) is 2.82. The highest BCUT2D eigenvalue weighted by atomic mass is 16.3. The molecule has 0 saturated carbocycles. The van der Waals surface area contributed by atoms with E-state index in [9.17, 15) is 5.11 Å². The predicted octanol–water partition coefficient (Wildman–Crippen LogP) is 3.56. The van der Waals surface area contributed by atoms with Crippen LogP contribution in [0.1, 0.15) is 56.2 Å². The summed E-state index contributed by atoms with van der Waals surface area (Å²) in [6, 6.07) is 8.48. The van der Waals surface area contributed by atoms with E-state index in [0.29, 0.717) is 6.42 Å². The molecule has 0 aliphatic heterocycles. The second-order valence-electron chi connectivity index (χ2n) is 6.75. The Labute approximate surface area is 127 Å². The predicted molar refractivity (Wildman–Crippen MR) is 86.4 cm³/mol. The number of benzene rings is 1. The zero-order chi connectivity index (χ0) is 15.6. The molecule has 0 amide bonds. The van der Waals surface area contributed by atoms with Gasteiger partial charge in [-0.25, -0.2) is 0 Å². The van der Waals surface area contributed by atoms with Crippen LogP contribution in [0.5, 0.6) is 0 Å². The Hall–Kier alpha value is -1.61. The fourth-order valence-corrected chi connectivity index (χ4v) is 2.58. The van der Waals surface area contributed by atoms with E-state index in [2.05, 4.69) is 57.1 Å². The Morgan fingerprint density at radius 3 is 2.24 bits per heavy atom. The van der Waals surface area contributed by atoms with Crippen LogP contribution in [0.4, 0.5) is 0 Å². The van der Waals surface area contributed by atoms with E-state index in [1.807, 2.05) is 13.2 Å². The van der Waals surface area contributed by atoms with Crippen LogP contribution < -0.4 is 0 Å². The number of aryl methyl sites for hydroxylation is 2. The van der Waals surface area contributed by atoms with Crippen molar-refractivity contribution in [1.29, 1.82) is 0 Å². The van der Waals surface area contributed by atoms with E-state index in [0.717, 1.165) is 23.2 Å². The Morgan fingerprint density at radius 2 is 1.71 bits per heavy atom. The highest BCUT2D eigenvalue weighted by molar-refractivity contribution is 5.29. The van der Waals surface area contributed by atoms with Crippen LogP contribution in [-0.4, -0.2) is 14.9 Å². The van der Waals surface area contributed by atoms with Crippen molar-refractivity contribution < 1.29 is 5.11 Å². The monoisotopic (exact) mass is 286 g/mol. The van der Waals surface area contributed by atoms with Crippen molar-refractivity contribution >= 4 is 0 Å². The summed E-state index contributed by atoms with van der Waals surface area (Å²) in [4.78, 5) is 0. The third-order valence-electron chi connectivity index (χ3n) is 3.79.